The summed E-state index contributed by atoms with van der Waals surface area (Å²) in [5.74, 6) is 0.630. The SMILES string of the molecule is c1ccc(-n2c3ccccc3c3c4sc5c(ccc6c5c5ccccc5n6-c5ncncn5)c4ccc32)cc1. The van der Waals surface area contributed by atoms with Gasteiger partial charge in [-0.2, -0.15) is 0 Å². The van der Waals surface area contributed by atoms with Crippen LogP contribution in [-0.4, -0.2) is 24.1 Å². The van der Waals surface area contributed by atoms with E-state index in [-0.39, 0.29) is 0 Å². The standard InChI is InChI=1S/C33H19N5S/c1-2-8-20(9-3-1)37-25-12-6-4-10-23(25)29-27(37)16-14-21-22-15-17-28-30(32(22)39-31(21)29)24-11-5-7-13-26(24)38(28)33-35-18-34-19-36-33/h1-19H. The Morgan fingerprint density at radius 2 is 1.00 bits per heavy atom. The third kappa shape index (κ3) is 2.76. The van der Waals surface area contributed by atoms with Crippen molar-refractivity contribution in [3.63, 3.8) is 0 Å². The van der Waals surface area contributed by atoms with Gasteiger partial charge in [-0.05, 0) is 36.4 Å². The number of benzene rings is 5. The van der Waals surface area contributed by atoms with E-state index >= 15 is 0 Å². The van der Waals surface area contributed by atoms with Crippen LogP contribution < -0.4 is 0 Å². The summed E-state index contributed by atoms with van der Waals surface area (Å²) in [6.45, 7) is 0. The van der Waals surface area contributed by atoms with Crippen LogP contribution in [0.15, 0.2) is 116 Å². The topological polar surface area (TPSA) is 48.5 Å². The molecule has 5 aromatic carbocycles. The van der Waals surface area contributed by atoms with E-state index in [0.29, 0.717) is 5.95 Å². The van der Waals surface area contributed by atoms with E-state index in [1.165, 1.54) is 58.4 Å². The van der Waals surface area contributed by atoms with E-state index in [0.717, 1.165) is 11.0 Å². The van der Waals surface area contributed by atoms with Gasteiger partial charge in [-0.25, -0.2) is 15.0 Å². The van der Waals surface area contributed by atoms with Crippen LogP contribution in [-0.2, 0) is 0 Å². The molecule has 6 heteroatoms. The molecule has 0 unspecified atom stereocenters. The number of fused-ring (bicyclic) bond motifs is 11. The number of aromatic nitrogens is 5. The molecule has 9 aromatic rings. The Morgan fingerprint density at radius 3 is 1.64 bits per heavy atom. The smallest absolute Gasteiger partial charge is 0.237 e. The van der Waals surface area contributed by atoms with Gasteiger partial charge in [0.25, 0.3) is 0 Å². The van der Waals surface area contributed by atoms with Gasteiger partial charge in [-0.1, -0.05) is 66.7 Å². The number of hydrogen-bond donors (Lipinski definition) is 0. The van der Waals surface area contributed by atoms with E-state index < -0.39 is 0 Å². The lowest BCUT2D eigenvalue weighted by Gasteiger charge is -2.07. The molecule has 39 heavy (non-hydrogen) atoms. The lowest BCUT2D eigenvalue weighted by Crippen LogP contribution is -2.00. The first kappa shape index (κ1) is 20.9. The van der Waals surface area contributed by atoms with Crippen LogP contribution in [0.25, 0.3) is 75.4 Å². The summed E-state index contributed by atoms with van der Waals surface area (Å²) < 4.78 is 7.14. The number of thiophene rings is 1. The zero-order chi connectivity index (χ0) is 25.5. The van der Waals surface area contributed by atoms with Crippen LogP contribution in [0.2, 0.25) is 0 Å². The molecule has 4 heterocycles. The van der Waals surface area contributed by atoms with Crippen molar-refractivity contribution in [1.82, 2.24) is 24.1 Å². The van der Waals surface area contributed by atoms with Crippen molar-refractivity contribution in [1.29, 1.82) is 0 Å². The van der Waals surface area contributed by atoms with Gasteiger partial charge >= 0.3 is 0 Å². The Balaban J connectivity index is 1.47. The average Bonchev–Trinajstić information content (AvgIpc) is 3.65. The molecular weight excluding hydrogens is 498 g/mol. The first-order valence-electron chi connectivity index (χ1n) is 12.9. The van der Waals surface area contributed by atoms with Crippen molar-refractivity contribution in [3.8, 4) is 11.6 Å². The predicted octanol–water partition coefficient (Wildman–Crippen LogP) is 8.43. The molecule has 0 spiro atoms. The Labute approximate surface area is 226 Å². The highest BCUT2D eigenvalue weighted by Crippen LogP contribution is 2.47. The van der Waals surface area contributed by atoms with Crippen molar-refractivity contribution in [2.75, 3.05) is 0 Å². The number of hydrogen-bond acceptors (Lipinski definition) is 4. The normalized spacial score (nSPS) is 12.1. The summed E-state index contributed by atoms with van der Waals surface area (Å²) in [6, 6.07) is 37.0. The molecule has 0 aliphatic rings. The molecule has 0 fully saturated rings. The van der Waals surface area contributed by atoms with E-state index in [2.05, 4.69) is 127 Å². The van der Waals surface area contributed by atoms with E-state index in [1.54, 1.807) is 12.7 Å². The summed E-state index contributed by atoms with van der Waals surface area (Å²) in [4.78, 5) is 13.0. The molecule has 0 aliphatic heterocycles. The van der Waals surface area contributed by atoms with Gasteiger partial charge in [0.15, 0.2) is 0 Å². The maximum Gasteiger partial charge on any atom is 0.237 e. The highest BCUT2D eigenvalue weighted by Gasteiger charge is 2.21. The van der Waals surface area contributed by atoms with Crippen LogP contribution >= 0.6 is 11.3 Å². The molecule has 0 bridgehead atoms. The molecule has 0 saturated heterocycles. The fourth-order valence-electron chi connectivity index (χ4n) is 6.21. The van der Waals surface area contributed by atoms with Crippen LogP contribution in [0.4, 0.5) is 0 Å². The van der Waals surface area contributed by atoms with Crippen molar-refractivity contribution < 1.29 is 0 Å². The van der Waals surface area contributed by atoms with Gasteiger partial charge < -0.3 is 4.57 Å². The first-order chi connectivity index (χ1) is 19.4. The maximum absolute atomic E-state index is 4.49. The molecule has 0 aliphatic carbocycles. The molecule has 0 N–H and O–H groups in total. The van der Waals surface area contributed by atoms with Crippen molar-refractivity contribution in [2.24, 2.45) is 0 Å². The minimum atomic E-state index is 0.630. The average molecular weight is 518 g/mol. The van der Waals surface area contributed by atoms with Crippen molar-refractivity contribution >= 4 is 75.1 Å². The quantitative estimate of drug-likeness (QED) is 0.231. The zero-order valence-corrected chi connectivity index (χ0v) is 21.4. The fraction of sp³-hybridized carbons (Fsp3) is 0. The monoisotopic (exact) mass is 517 g/mol. The maximum atomic E-state index is 4.49. The summed E-state index contributed by atoms with van der Waals surface area (Å²) in [5.41, 5.74) is 5.82. The van der Waals surface area contributed by atoms with Gasteiger partial charge in [0, 0.05) is 47.4 Å². The second-order valence-corrected chi connectivity index (χ2v) is 10.8. The lowest BCUT2D eigenvalue weighted by molar-refractivity contribution is 0.940. The molecule has 5 nitrogen and oxygen atoms in total. The molecule has 0 radical (unpaired) electrons. The lowest BCUT2D eigenvalue weighted by atomic mass is 10.1. The van der Waals surface area contributed by atoms with Gasteiger partial charge in [-0.15, -0.1) is 11.3 Å². The Kier molecular flexibility index (Phi) is 4.14. The fourth-order valence-corrected chi connectivity index (χ4v) is 7.63. The van der Waals surface area contributed by atoms with Gasteiger partial charge in [-0.3, -0.25) is 4.57 Å². The first-order valence-corrected chi connectivity index (χ1v) is 13.7. The predicted molar refractivity (Wildman–Crippen MR) is 161 cm³/mol. The zero-order valence-electron chi connectivity index (χ0n) is 20.6. The van der Waals surface area contributed by atoms with E-state index in [1.807, 2.05) is 11.3 Å². The largest absolute Gasteiger partial charge is 0.309 e. The highest BCUT2D eigenvalue weighted by atomic mass is 32.1. The molecule has 182 valence electrons. The van der Waals surface area contributed by atoms with Crippen LogP contribution in [0.3, 0.4) is 0 Å². The molecule has 0 amide bonds. The van der Waals surface area contributed by atoms with Crippen molar-refractivity contribution in [2.45, 2.75) is 0 Å². The number of nitrogens with zero attached hydrogens (tertiary/aromatic N) is 5. The minimum absolute atomic E-state index is 0.630. The molecule has 9 rings (SSSR count). The summed E-state index contributed by atoms with van der Waals surface area (Å²) in [6.07, 6.45) is 3.11. The van der Waals surface area contributed by atoms with E-state index in [4.69, 9.17) is 0 Å². The number of rotatable bonds is 2. The van der Waals surface area contributed by atoms with Gasteiger partial charge in [0.2, 0.25) is 5.95 Å². The minimum Gasteiger partial charge on any atom is -0.309 e. The second-order valence-electron chi connectivity index (χ2n) is 9.75. The number of para-hydroxylation sites is 3. The van der Waals surface area contributed by atoms with Gasteiger partial charge in [0.05, 0.1) is 22.1 Å². The summed E-state index contributed by atoms with van der Waals surface area (Å²) >= 11 is 1.89. The van der Waals surface area contributed by atoms with E-state index in [9.17, 15) is 0 Å². The molecule has 4 aromatic heterocycles. The highest BCUT2D eigenvalue weighted by molar-refractivity contribution is 7.27. The van der Waals surface area contributed by atoms with Crippen LogP contribution in [0, 0.1) is 0 Å². The van der Waals surface area contributed by atoms with Crippen LogP contribution in [0.1, 0.15) is 0 Å². The third-order valence-corrected chi connectivity index (χ3v) is 9.03. The van der Waals surface area contributed by atoms with Crippen molar-refractivity contribution in [3.05, 3.63) is 116 Å². The Morgan fingerprint density at radius 1 is 0.462 bits per heavy atom. The Hall–Kier alpha value is -5.07. The summed E-state index contributed by atoms with van der Waals surface area (Å²) in [7, 11) is 0. The van der Waals surface area contributed by atoms with Crippen LogP contribution in [0.5, 0.6) is 0 Å². The third-order valence-electron chi connectivity index (χ3n) is 7.77. The summed E-state index contributed by atoms with van der Waals surface area (Å²) in [5, 5.41) is 7.59. The molecule has 0 saturated carbocycles. The molecular formula is C33H19N5S. The Bertz CT molecular complexity index is 2210. The van der Waals surface area contributed by atoms with Gasteiger partial charge in [0.1, 0.15) is 12.7 Å². The second kappa shape index (κ2) is 7.72. The molecule has 0 atom stereocenters.